The van der Waals surface area contributed by atoms with Crippen molar-refractivity contribution in [1.29, 1.82) is 0 Å². The molecule has 2 saturated heterocycles. The first-order valence-electron chi connectivity index (χ1n) is 10.7. The van der Waals surface area contributed by atoms with Crippen molar-refractivity contribution in [3.8, 4) is 0 Å². The molecule has 2 aromatic rings. The Kier molecular flexibility index (Phi) is 6.49. The van der Waals surface area contributed by atoms with Gasteiger partial charge in [-0.3, -0.25) is 14.5 Å². The molecule has 4 rings (SSSR count). The molecule has 1 amide bonds. The maximum Gasteiger partial charge on any atom is 0.423 e. The van der Waals surface area contributed by atoms with Crippen LogP contribution in [0.1, 0.15) is 12.5 Å². The monoisotopic (exact) mass is 466 g/mol. The molecule has 178 valence electrons. The number of carbonyl (C=O) groups is 1. The van der Waals surface area contributed by atoms with Crippen LogP contribution in [0.15, 0.2) is 29.5 Å². The number of piperazine rings is 1. The number of carbonyl (C=O) groups excluding carboxylic acids is 1. The molecule has 4 heterocycles. The summed E-state index contributed by atoms with van der Waals surface area (Å²) >= 11 is 0. The van der Waals surface area contributed by atoms with E-state index in [1.54, 1.807) is 25.4 Å². The van der Waals surface area contributed by atoms with E-state index in [-0.39, 0.29) is 23.6 Å². The lowest BCUT2D eigenvalue weighted by atomic mass is 9.97. The highest BCUT2D eigenvalue weighted by Crippen LogP contribution is 2.31. The number of rotatable bonds is 6. The third-order valence-corrected chi connectivity index (χ3v) is 5.81. The van der Waals surface area contributed by atoms with Crippen molar-refractivity contribution < 1.29 is 18.0 Å². The second-order valence-electron chi connectivity index (χ2n) is 8.31. The summed E-state index contributed by atoms with van der Waals surface area (Å²) in [6.45, 7) is 5.79. The summed E-state index contributed by atoms with van der Waals surface area (Å²) in [6.07, 6.45) is -0.448. The van der Waals surface area contributed by atoms with Crippen molar-refractivity contribution >= 4 is 17.5 Å². The molecule has 0 spiro atoms. The van der Waals surface area contributed by atoms with Crippen LogP contribution < -0.4 is 15.8 Å². The fraction of sp³-hybridized carbons (Fsp3) is 0.550. The number of H-pyrrole nitrogens is 1. The van der Waals surface area contributed by atoms with Gasteiger partial charge in [0.15, 0.2) is 0 Å². The second-order valence-corrected chi connectivity index (χ2v) is 8.31. The third kappa shape index (κ3) is 5.24. The Labute approximate surface area is 187 Å². The van der Waals surface area contributed by atoms with E-state index in [2.05, 4.69) is 20.4 Å². The maximum absolute atomic E-state index is 13.2. The predicted molar refractivity (Wildman–Crippen MR) is 114 cm³/mol. The molecular weight excluding hydrogens is 441 g/mol. The number of nitrogens with zero attached hydrogens (tertiary/aromatic N) is 6. The zero-order valence-corrected chi connectivity index (χ0v) is 18.0. The fourth-order valence-electron chi connectivity index (χ4n) is 4.20. The van der Waals surface area contributed by atoms with E-state index in [1.807, 2.05) is 19.8 Å². The van der Waals surface area contributed by atoms with Crippen LogP contribution in [0.2, 0.25) is 0 Å². The van der Waals surface area contributed by atoms with Gasteiger partial charge in [0.05, 0.1) is 17.8 Å². The molecule has 0 unspecified atom stereocenters. The van der Waals surface area contributed by atoms with Crippen LogP contribution in [0.3, 0.4) is 0 Å². The Morgan fingerprint density at radius 2 is 1.88 bits per heavy atom. The zero-order chi connectivity index (χ0) is 23.6. The Bertz CT molecular complexity index is 1020. The molecule has 2 aliphatic rings. The van der Waals surface area contributed by atoms with Gasteiger partial charge in [0.25, 0.3) is 5.56 Å². The largest absolute Gasteiger partial charge is 0.423 e. The molecule has 2 aliphatic heterocycles. The van der Waals surface area contributed by atoms with Gasteiger partial charge >= 0.3 is 6.18 Å². The molecule has 0 aromatic carbocycles. The van der Waals surface area contributed by atoms with Crippen molar-refractivity contribution in [3.05, 3.63) is 40.6 Å². The lowest BCUT2D eigenvalue weighted by Crippen LogP contribution is -2.59. The van der Waals surface area contributed by atoms with Crippen LogP contribution in [0.4, 0.5) is 24.8 Å². The van der Waals surface area contributed by atoms with Gasteiger partial charge in [0, 0.05) is 64.2 Å². The SMILES string of the molecule is C[C@@H](CN1CC(C(=O)N2CCN(c3ncccn3)CC2)C1)Nc1cn[nH]c(=O)c1C(F)(F)F. The number of aromatic nitrogens is 4. The van der Waals surface area contributed by atoms with Crippen LogP contribution in [0.25, 0.3) is 0 Å². The predicted octanol–water partition coefficient (Wildman–Crippen LogP) is 0.660. The molecule has 2 N–H and O–H groups in total. The van der Waals surface area contributed by atoms with Crippen LogP contribution in [-0.2, 0) is 11.0 Å². The lowest BCUT2D eigenvalue weighted by molar-refractivity contribution is -0.141. The topological polar surface area (TPSA) is 110 Å². The molecule has 0 aliphatic carbocycles. The summed E-state index contributed by atoms with van der Waals surface area (Å²) in [7, 11) is 0. The minimum absolute atomic E-state index is 0.0960. The fourth-order valence-corrected chi connectivity index (χ4v) is 4.20. The van der Waals surface area contributed by atoms with E-state index in [0.717, 1.165) is 6.20 Å². The van der Waals surface area contributed by atoms with Crippen molar-refractivity contribution in [2.24, 2.45) is 5.92 Å². The van der Waals surface area contributed by atoms with E-state index in [4.69, 9.17) is 0 Å². The van der Waals surface area contributed by atoms with Crippen LogP contribution in [-0.4, -0.2) is 87.7 Å². The summed E-state index contributed by atoms with van der Waals surface area (Å²) in [4.78, 5) is 38.8. The number of likely N-dealkylation sites (tertiary alicyclic amines) is 1. The number of halogens is 3. The van der Waals surface area contributed by atoms with E-state index >= 15 is 0 Å². The van der Waals surface area contributed by atoms with Crippen molar-refractivity contribution in [1.82, 2.24) is 30.0 Å². The molecule has 10 nitrogen and oxygen atoms in total. The van der Waals surface area contributed by atoms with Crippen molar-refractivity contribution in [2.45, 2.75) is 19.1 Å². The number of alkyl halides is 3. The summed E-state index contributed by atoms with van der Waals surface area (Å²) in [5.41, 5.74) is -2.93. The van der Waals surface area contributed by atoms with Gasteiger partial charge in [-0.25, -0.2) is 15.1 Å². The first-order valence-corrected chi connectivity index (χ1v) is 10.7. The van der Waals surface area contributed by atoms with Crippen molar-refractivity contribution in [2.75, 3.05) is 56.0 Å². The molecule has 1 atom stereocenters. The molecule has 0 saturated carbocycles. The Morgan fingerprint density at radius 3 is 2.52 bits per heavy atom. The number of anilines is 2. The molecule has 0 radical (unpaired) electrons. The van der Waals surface area contributed by atoms with Crippen LogP contribution in [0, 0.1) is 5.92 Å². The Morgan fingerprint density at radius 1 is 1.21 bits per heavy atom. The van der Waals surface area contributed by atoms with Gasteiger partial charge in [-0.1, -0.05) is 0 Å². The third-order valence-electron chi connectivity index (χ3n) is 5.81. The zero-order valence-electron chi connectivity index (χ0n) is 18.0. The lowest BCUT2D eigenvalue weighted by Gasteiger charge is -2.43. The van der Waals surface area contributed by atoms with E-state index < -0.39 is 17.3 Å². The summed E-state index contributed by atoms with van der Waals surface area (Å²) in [6, 6.07) is 1.38. The quantitative estimate of drug-likeness (QED) is 0.639. The number of hydrogen-bond donors (Lipinski definition) is 2. The molecule has 13 heteroatoms. The summed E-state index contributed by atoms with van der Waals surface area (Å²) < 4.78 is 39.6. The number of nitrogens with one attached hydrogen (secondary N) is 2. The average Bonchev–Trinajstić information content (AvgIpc) is 2.75. The molecule has 33 heavy (non-hydrogen) atoms. The first kappa shape index (κ1) is 23.0. The second kappa shape index (κ2) is 9.33. The molecule has 0 bridgehead atoms. The van der Waals surface area contributed by atoms with E-state index in [9.17, 15) is 22.8 Å². The van der Waals surface area contributed by atoms with Gasteiger partial charge in [-0.05, 0) is 13.0 Å². The number of amides is 1. The Hall–Kier alpha value is -3.22. The molecular formula is C20H25F3N8O2. The molecule has 2 fully saturated rings. The first-order chi connectivity index (χ1) is 15.7. The minimum atomic E-state index is -4.79. The summed E-state index contributed by atoms with van der Waals surface area (Å²) in [5, 5.41) is 8.01. The molecule has 2 aromatic heterocycles. The summed E-state index contributed by atoms with van der Waals surface area (Å²) in [5.74, 6) is 0.632. The smallest absolute Gasteiger partial charge is 0.379 e. The van der Waals surface area contributed by atoms with Gasteiger partial charge in [0.1, 0.15) is 5.56 Å². The number of aromatic amines is 1. The Balaban J connectivity index is 1.24. The highest BCUT2D eigenvalue weighted by molar-refractivity contribution is 5.80. The van der Waals surface area contributed by atoms with E-state index in [1.165, 1.54) is 0 Å². The highest BCUT2D eigenvalue weighted by Gasteiger charge is 2.39. The van der Waals surface area contributed by atoms with Gasteiger partial charge in [-0.2, -0.15) is 18.3 Å². The van der Waals surface area contributed by atoms with Crippen LogP contribution >= 0.6 is 0 Å². The van der Waals surface area contributed by atoms with Gasteiger partial charge in [-0.15, -0.1) is 0 Å². The van der Waals surface area contributed by atoms with Gasteiger partial charge < -0.3 is 15.1 Å². The normalized spacial score (nSPS) is 18.7. The van der Waals surface area contributed by atoms with E-state index in [0.29, 0.717) is 51.8 Å². The average molecular weight is 466 g/mol. The van der Waals surface area contributed by atoms with Gasteiger partial charge in [0.2, 0.25) is 11.9 Å². The van der Waals surface area contributed by atoms with Crippen LogP contribution in [0.5, 0.6) is 0 Å². The number of hydrogen-bond acceptors (Lipinski definition) is 8. The minimum Gasteiger partial charge on any atom is -0.379 e. The highest BCUT2D eigenvalue weighted by atomic mass is 19.4. The maximum atomic E-state index is 13.2. The van der Waals surface area contributed by atoms with Crippen molar-refractivity contribution in [3.63, 3.8) is 0 Å². The standard InChI is InChI=1S/C20H25F3N8O2/c1-13(27-15-9-26-28-17(32)16(15)20(21,22)23)10-29-11-14(12-29)18(33)30-5-7-31(8-6-30)19-24-3-2-4-25-19/h2-4,9,13-14H,5-8,10-12H2,1H3,(H2,27,28,32)/t13-/m0/s1.